The largest absolute Gasteiger partial charge is 0.327 e. The summed E-state index contributed by atoms with van der Waals surface area (Å²) in [4.78, 5) is 0. The summed E-state index contributed by atoms with van der Waals surface area (Å²) in [5.41, 5.74) is 6.62. The van der Waals surface area contributed by atoms with Crippen LogP contribution in [0.1, 0.15) is 19.0 Å². The summed E-state index contributed by atoms with van der Waals surface area (Å²) in [5, 5.41) is 10.0. The van der Waals surface area contributed by atoms with E-state index in [4.69, 9.17) is 5.73 Å². The van der Waals surface area contributed by atoms with Crippen molar-refractivity contribution in [3.05, 3.63) is 11.9 Å². The van der Waals surface area contributed by atoms with E-state index in [-0.39, 0.29) is 6.04 Å². The Labute approximate surface area is 59.8 Å². The monoisotopic (exact) mass is 140 g/mol. The average molecular weight is 140 g/mol. The van der Waals surface area contributed by atoms with Crippen LogP contribution in [0.4, 0.5) is 0 Å². The van der Waals surface area contributed by atoms with Gasteiger partial charge in [0.25, 0.3) is 0 Å². The van der Waals surface area contributed by atoms with Gasteiger partial charge in [0.2, 0.25) is 0 Å². The average Bonchev–Trinajstić information content (AvgIpc) is 2.40. The minimum atomic E-state index is 0.213. The lowest BCUT2D eigenvalue weighted by Crippen LogP contribution is -2.21. The number of nitrogens with two attached hydrogens (primary N) is 1. The third-order valence-electron chi connectivity index (χ3n) is 1.46. The molecule has 0 saturated heterocycles. The maximum absolute atomic E-state index is 5.68. The van der Waals surface area contributed by atoms with Crippen molar-refractivity contribution in [2.75, 3.05) is 0 Å². The molecule has 1 unspecified atom stereocenters. The van der Waals surface area contributed by atoms with E-state index < -0.39 is 0 Å². The Bertz CT molecular complexity index is 170. The van der Waals surface area contributed by atoms with Crippen LogP contribution in [-0.2, 0) is 6.42 Å². The van der Waals surface area contributed by atoms with E-state index in [1.807, 2.05) is 0 Å². The van der Waals surface area contributed by atoms with Gasteiger partial charge >= 0.3 is 0 Å². The molecule has 1 heterocycles. The summed E-state index contributed by atoms with van der Waals surface area (Å²) in [7, 11) is 0. The number of hydrogen-bond acceptors (Lipinski definition) is 3. The van der Waals surface area contributed by atoms with Gasteiger partial charge in [-0.1, -0.05) is 12.1 Å². The number of hydrogen-bond donors (Lipinski definition) is 2. The first-order chi connectivity index (χ1) is 4.83. The molecule has 0 spiro atoms. The molecule has 1 aromatic heterocycles. The highest BCUT2D eigenvalue weighted by Crippen LogP contribution is 1.96. The van der Waals surface area contributed by atoms with Gasteiger partial charge in [0, 0.05) is 18.7 Å². The predicted molar refractivity (Wildman–Crippen MR) is 38.4 cm³/mol. The Balaban J connectivity index is 2.40. The Hall–Kier alpha value is -0.900. The zero-order valence-electron chi connectivity index (χ0n) is 6.04. The molecule has 1 rings (SSSR count). The molecular formula is C6H12N4. The summed E-state index contributed by atoms with van der Waals surface area (Å²) in [5.74, 6) is 0. The van der Waals surface area contributed by atoms with Crippen LogP contribution in [0, 0.1) is 0 Å². The molecule has 1 aromatic rings. The Kier molecular flexibility index (Phi) is 2.39. The van der Waals surface area contributed by atoms with Crippen LogP contribution in [0.25, 0.3) is 0 Å². The molecule has 0 aliphatic heterocycles. The molecule has 0 radical (unpaired) electrons. The quantitative estimate of drug-likeness (QED) is 0.625. The second-order valence-corrected chi connectivity index (χ2v) is 2.34. The van der Waals surface area contributed by atoms with Crippen molar-refractivity contribution in [1.82, 2.24) is 15.4 Å². The predicted octanol–water partition coefficient (Wildman–Crippen LogP) is 0.0845. The molecular weight excluding hydrogens is 128 g/mol. The summed E-state index contributed by atoms with van der Waals surface area (Å²) < 4.78 is 0. The van der Waals surface area contributed by atoms with E-state index in [0.717, 1.165) is 18.5 Å². The highest BCUT2D eigenvalue weighted by Gasteiger charge is 2.02. The van der Waals surface area contributed by atoms with Crippen molar-refractivity contribution in [1.29, 1.82) is 0 Å². The molecule has 56 valence electrons. The van der Waals surface area contributed by atoms with Gasteiger partial charge in [-0.05, 0) is 6.42 Å². The molecule has 4 heteroatoms. The molecule has 0 bridgehead atoms. The van der Waals surface area contributed by atoms with Crippen molar-refractivity contribution >= 4 is 0 Å². The molecule has 3 N–H and O–H groups in total. The molecule has 0 saturated carbocycles. The van der Waals surface area contributed by atoms with Gasteiger partial charge in [0.1, 0.15) is 0 Å². The van der Waals surface area contributed by atoms with Crippen LogP contribution in [-0.4, -0.2) is 21.5 Å². The van der Waals surface area contributed by atoms with E-state index in [0.29, 0.717) is 0 Å². The van der Waals surface area contributed by atoms with Crippen LogP contribution >= 0.6 is 0 Å². The van der Waals surface area contributed by atoms with Crippen LogP contribution in [0.15, 0.2) is 6.20 Å². The normalized spacial score (nSPS) is 13.4. The first-order valence-corrected chi connectivity index (χ1v) is 3.44. The van der Waals surface area contributed by atoms with Gasteiger partial charge in [0.05, 0.1) is 5.69 Å². The summed E-state index contributed by atoms with van der Waals surface area (Å²) in [6, 6.07) is 0.213. The first-order valence-electron chi connectivity index (χ1n) is 3.44. The fraction of sp³-hybridized carbons (Fsp3) is 0.667. The smallest absolute Gasteiger partial charge is 0.0839 e. The van der Waals surface area contributed by atoms with Crippen molar-refractivity contribution in [3.63, 3.8) is 0 Å². The van der Waals surface area contributed by atoms with E-state index >= 15 is 0 Å². The molecule has 4 nitrogen and oxygen atoms in total. The fourth-order valence-electron chi connectivity index (χ4n) is 0.738. The van der Waals surface area contributed by atoms with Gasteiger partial charge in [-0.15, -0.1) is 5.10 Å². The van der Waals surface area contributed by atoms with Gasteiger partial charge in [0.15, 0.2) is 0 Å². The Morgan fingerprint density at radius 2 is 2.60 bits per heavy atom. The number of aromatic nitrogens is 3. The van der Waals surface area contributed by atoms with Crippen molar-refractivity contribution in [2.24, 2.45) is 5.73 Å². The van der Waals surface area contributed by atoms with Crippen molar-refractivity contribution in [3.8, 4) is 0 Å². The maximum Gasteiger partial charge on any atom is 0.0839 e. The maximum atomic E-state index is 5.68. The third-order valence-corrected chi connectivity index (χ3v) is 1.46. The highest BCUT2D eigenvalue weighted by molar-refractivity contribution is 4.93. The lowest BCUT2D eigenvalue weighted by atomic mass is 10.1. The number of nitrogens with zero attached hydrogens (tertiary/aromatic N) is 2. The third kappa shape index (κ3) is 1.80. The van der Waals surface area contributed by atoms with Gasteiger partial charge in [-0.3, -0.25) is 5.10 Å². The van der Waals surface area contributed by atoms with Crippen LogP contribution in [0.2, 0.25) is 0 Å². The van der Waals surface area contributed by atoms with Crippen molar-refractivity contribution in [2.45, 2.75) is 25.8 Å². The zero-order valence-corrected chi connectivity index (χ0v) is 6.04. The Morgan fingerprint density at radius 3 is 3.10 bits per heavy atom. The van der Waals surface area contributed by atoms with E-state index in [1.165, 1.54) is 0 Å². The van der Waals surface area contributed by atoms with E-state index in [9.17, 15) is 0 Å². The minimum absolute atomic E-state index is 0.213. The fourth-order valence-corrected chi connectivity index (χ4v) is 0.738. The highest BCUT2D eigenvalue weighted by atomic mass is 15.3. The second kappa shape index (κ2) is 3.31. The Morgan fingerprint density at radius 1 is 1.80 bits per heavy atom. The number of nitrogens with one attached hydrogen (secondary N) is 1. The van der Waals surface area contributed by atoms with E-state index in [1.54, 1.807) is 6.20 Å². The summed E-state index contributed by atoms with van der Waals surface area (Å²) in [6.45, 7) is 2.06. The SMILES string of the molecule is CCC(N)Cc1c[nH]nn1. The van der Waals surface area contributed by atoms with Crippen LogP contribution in [0.5, 0.6) is 0 Å². The topological polar surface area (TPSA) is 67.6 Å². The number of H-pyrrole nitrogens is 1. The standard InChI is InChI=1S/C6H12N4/c1-2-5(7)3-6-4-8-10-9-6/h4-5H,2-3,7H2,1H3,(H,8,9,10). The summed E-state index contributed by atoms with van der Waals surface area (Å²) >= 11 is 0. The molecule has 1 atom stereocenters. The van der Waals surface area contributed by atoms with Crippen LogP contribution < -0.4 is 5.73 Å². The number of aromatic amines is 1. The molecule has 0 aromatic carbocycles. The lowest BCUT2D eigenvalue weighted by molar-refractivity contribution is 0.635. The number of rotatable bonds is 3. The van der Waals surface area contributed by atoms with Gasteiger partial charge in [-0.25, -0.2) is 0 Å². The van der Waals surface area contributed by atoms with Gasteiger partial charge < -0.3 is 5.73 Å². The molecule has 0 aliphatic rings. The van der Waals surface area contributed by atoms with Crippen molar-refractivity contribution < 1.29 is 0 Å². The molecule has 0 fully saturated rings. The molecule has 0 aliphatic carbocycles. The zero-order chi connectivity index (χ0) is 7.40. The second-order valence-electron chi connectivity index (χ2n) is 2.34. The summed E-state index contributed by atoms with van der Waals surface area (Å²) in [6.07, 6.45) is 3.56. The van der Waals surface area contributed by atoms with Crippen LogP contribution in [0.3, 0.4) is 0 Å². The van der Waals surface area contributed by atoms with E-state index in [2.05, 4.69) is 22.3 Å². The first kappa shape index (κ1) is 7.21. The lowest BCUT2D eigenvalue weighted by Gasteiger charge is -2.03. The minimum Gasteiger partial charge on any atom is -0.327 e. The molecule has 10 heavy (non-hydrogen) atoms. The van der Waals surface area contributed by atoms with Gasteiger partial charge in [-0.2, -0.15) is 0 Å². The molecule has 0 amide bonds.